The Balaban J connectivity index is 2.08. The van der Waals surface area contributed by atoms with Crippen LogP contribution in [0, 0.1) is 0 Å². The van der Waals surface area contributed by atoms with E-state index in [4.69, 9.17) is 5.11 Å². The van der Waals surface area contributed by atoms with Gasteiger partial charge in [0.1, 0.15) is 10.6 Å². The Bertz CT molecular complexity index is 715. The van der Waals surface area contributed by atoms with E-state index in [2.05, 4.69) is 9.71 Å². The number of aromatic amines is 1. The number of H-pyrrole nitrogens is 1. The normalized spacial score (nSPS) is 11.7. The molecule has 0 saturated heterocycles. The van der Waals surface area contributed by atoms with E-state index in [0.29, 0.717) is 0 Å². The molecule has 2 heterocycles. The lowest BCUT2D eigenvalue weighted by Crippen LogP contribution is -2.22. The van der Waals surface area contributed by atoms with Crippen LogP contribution < -0.4 is 4.72 Å². The second-order valence-electron chi connectivity index (χ2n) is 4.10. The summed E-state index contributed by atoms with van der Waals surface area (Å²) in [6, 6.07) is 4.94. The second-order valence-corrected chi connectivity index (χ2v) is 7.12. The van der Waals surface area contributed by atoms with Gasteiger partial charge in [-0.15, -0.1) is 11.3 Å². The van der Waals surface area contributed by atoms with Gasteiger partial charge in [0.2, 0.25) is 10.0 Å². The first-order chi connectivity index (χ1) is 9.42. The van der Waals surface area contributed by atoms with E-state index in [-0.39, 0.29) is 17.1 Å². The largest absolute Gasteiger partial charge is 0.477 e. The summed E-state index contributed by atoms with van der Waals surface area (Å²) >= 11 is 1.55. The van der Waals surface area contributed by atoms with Crippen LogP contribution in [0.1, 0.15) is 27.2 Å². The van der Waals surface area contributed by atoms with Gasteiger partial charge in [-0.05, 0) is 24.6 Å². The van der Waals surface area contributed by atoms with Crippen molar-refractivity contribution in [2.75, 3.05) is 0 Å². The van der Waals surface area contributed by atoms with Crippen LogP contribution in [0.5, 0.6) is 0 Å². The molecule has 0 saturated carbocycles. The van der Waals surface area contributed by atoms with Crippen LogP contribution in [-0.4, -0.2) is 24.5 Å². The predicted octanol–water partition coefficient (Wildman–Crippen LogP) is 1.82. The summed E-state index contributed by atoms with van der Waals surface area (Å²) < 4.78 is 26.4. The van der Waals surface area contributed by atoms with E-state index in [1.165, 1.54) is 4.88 Å². The maximum atomic E-state index is 12.0. The van der Waals surface area contributed by atoms with Gasteiger partial charge in [-0.1, -0.05) is 6.92 Å². The Kier molecular flexibility index (Phi) is 4.26. The van der Waals surface area contributed by atoms with Crippen molar-refractivity contribution in [1.29, 1.82) is 0 Å². The summed E-state index contributed by atoms with van der Waals surface area (Å²) in [6.07, 6.45) is 2.08. The van der Waals surface area contributed by atoms with Gasteiger partial charge < -0.3 is 10.1 Å². The van der Waals surface area contributed by atoms with Gasteiger partial charge in [-0.2, -0.15) is 0 Å². The van der Waals surface area contributed by atoms with Gasteiger partial charge in [0.25, 0.3) is 0 Å². The first-order valence-electron chi connectivity index (χ1n) is 5.91. The van der Waals surface area contributed by atoms with Gasteiger partial charge in [0.15, 0.2) is 0 Å². The molecule has 0 spiro atoms. The molecule has 0 aliphatic rings. The van der Waals surface area contributed by atoms with Crippen molar-refractivity contribution in [3.8, 4) is 0 Å². The maximum absolute atomic E-state index is 12.0. The standard InChI is InChI=1S/C12H14N2O4S2/c1-2-8-3-4-9(19-8)6-14-20(17,18)10-5-11(12(15)16)13-7-10/h3-5,7,13-14H,2,6H2,1H3,(H,15,16). The highest BCUT2D eigenvalue weighted by atomic mass is 32.2. The minimum atomic E-state index is -3.71. The summed E-state index contributed by atoms with van der Waals surface area (Å²) in [5.41, 5.74) is -0.158. The highest BCUT2D eigenvalue weighted by Crippen LogP contribution is 2.18. The van der Waals surface area contributed by atoms with Crippen molar-refractivity contribution in [3.63, 3.8) is 0 Å². The van der Waals surface area contributed by atoms with E-state index in [0.717, 1.165) is 23.6 Å². The van der Waals surface area contributed by atoms with Crippen molar-refractivity contribution in [1.82, 2.24) is 9.71 Å². The summed E-state index contributed by atoms with van der Waals surface area (Å²) in [5.74, 6) is -1.20. The number of carboxylic acids is 1. The third-order valence-corrected chi connectivity index (χ3v) is 5.31. The Morgan fingerprint density at radius 3 is 2.65 bits per heavy atom. The van der Waals surface area contributed by atoms with E-state index >= 15 is 0 Å². The molecular formula is C12H14N2O4S2. The molecule has 0 fully saturated rings. The topological polar surface area (TPSA) is 99.3 Å². The fraction of sp³-hybridized carbons (Fsp3) is 0.250. The fourth-order valence-corrected chi connectivity index (χ4v) is 3.60. The molecule has 3 N–H and O–H groups in total. The summed E-state index contributed by atoms with van der Waals surface area (Å²) in [4.78, 5) is 15.1. The lowest BCUT2D eigenvalue weighted by atomic mass is 10.4. The van der Waals surface area contributed by atoms with Gasteiger partial charge in [-0.3, -0.25) is 0 Å². The SMILES string of the molecule is CCc1ccc(CNS(=O)(=O)c2c[nH]c(C(=O)O)c2)s1. The Hall–Kier alpha value is -1.64. The Labute approximate surface area is 120 Å². The number of hydrogen-bond donors (Lipinski definition) is 3. The molecule has 2 aromatic rings. The number of aromatic nitrogens is 1. The molecule has 0 radical (unpaired) electrons. The number of carbonyl (C=O) groups is 1. The minimum Gasteiger partial charge on any atom is -0.477 e. The van der Waals surface area contributed by atoms with Crippen molar-refractivity contribution in [2.24, 2.45) is 0 Å². The highest BCUT2D eigenvalue weighted by Gasteiger charge is 2.18. The highest BCUT2D eigenvalue weighted by molar-refractivity contribution is 7.89. The summed E-state index contributed by atoms with van der Waals surface area (Å²) in [7, 11) is -3.71. The molecule has 6 nitrogen and oxygen atoms in total. The predicted molar refractivity (Wildman–Crippen MR) is 75.5 cm³/mol. The van der Waals surface area contributed by atoms with Gasteiger partial charge in [0.05, 0.1) is 0 Å². The lowest BCUT2D eigenvalue weighted by Gasteiger charge is -2.02. The third-order valence-electron chi connectivity index (χ3n) is 2.70. The number of thiophene rings is 1. The van der Waals surface area contributed by atoms with Gasteiger partial charge in [0, 0.05) is 22.5 Å². The van der Waals surface area contributed by atoms with Crippen molar-refractivity contribution < 1.29 is 18.3 Å². The lowest BCUT2D eigenvalue weighted by molar-refractivity contribution is 0.0691. The molecule has 0 unspecified atom stereocenters. The molecule has 2 rings (SSSR count). The van der Waals surface area contributed by atoms with E-state index < -0.39 is 16.0 Å². The second kappa shape index (κ2) is 5.78. The maximum Gasteiger partial charge on any atom is 0.352 e. The zero-order valence-electron chi connectivity index (χ0n) is 10.7. The van der Waals surface area contributed by atoms with Crippen LogP contribution in [0.3, 0.4) is 0 Å². The first-order valence-corrected chi connectivity index (χ1v) is 8.21. The minimum absolute atomic E-state index is 0.0813. The summed E-state index contributed by atoms with van der Waals surface area (Å²) in [5, 5.41) is 8.76. The fourth-order valence-electron chi connectivity index (χ4n) is 1.61. The smallest absolute Gasteiger partial charge is 0.352 e. The third kappa shape index (κ3) is 3.27. The molecule has 0 amide bonds. The van der Waals surface area contributed by atoms with Crippen LogP contribution in [0.4, 0.5) is 0 Å². The number of hydrogen-bond acceptors (Lipinski definition) is 4. The van der Waals surface area contributed by atoms with Crippen LogP contribution in [-0.2, 0) is 23.0 Å². The zero-order valence-corrected chi connectivity index (χ0v) is 12.3. The van der Waals surface area contributed by atoms with Crippen molar-refractivity contribution in [3.05, 3.63) is 39.8 Å². The van der Waals surface area contributed by atoms with E-state index in [1.807, 2.05) is 19.1 Å². The average Bonchev–Trinajstić information content (AvgIpc) is 3.05. The Morgan fingerprint density at radius 1 is 1.40 bits per heavy atom. The number of carboxylic acid groups (broad SMARTS) is 1. The van der Waals surface area contributed by atoms with E-state index in [1.54, 1.807) is 11.3 Å². The van der Waals surface area contributed by atoms with Gasteiger partial charge in [-0.25, -0.2) is 17.9 Å². The molecule has 20 heavy (non-hydrogen) atoms. The Morgan fingerprint density at radius 2 is 2.10 bits per heavy atom. The zero-order chi connectivity index (χ0) is 14.8. The first kappa shape index (κ1) is 14.8. The van der Waals surface area contributed by atoms with Gasteiger partial charge >= 0.3 is 5.97 Å². The molecule has 0 bridgehead atoms. The van der Waals surface area contributed by atoms with Crippen LogP contribution in [0.25, 0.3) is 0 Å². The molecule has 108 valence electrons. The van der Waals surface area contributed by atoms with Crippen molar-refractivity contribution >= 4 is 27.3 Å². The number of aromatic carboxylic acids is 1. The number of nitrogens with one attached hydrogen (secondary N) is 2. The summed E-state index contributed by atoms with van der Waals surface area (Å²) in [6.45, 7) is 2.23. The molecule has 8 heteroatoms. The van der Waals surface area contributed by atoms with Crippen molar-refractivity contribution in [2.45, 2.75) is 24.8 Å². The number of rotatable bonds is 6. The monoisotopic (exact) mass is 314 g/mol. The molecular weight excluding hydrogens is 300 g/mol. The average molecular weight is 314 g/mol. The van der Waals surface area contributed by atoms with Crippen LogP contribution in [0.2, 0.25) is 0 Å². The molecule has 0 aliphatic carbocycles. The molecule has 0 aliphatic heterocycles. The van der Waals surface area contributed by atoms with Crippen LogP contribution >= 0.6 is 11.3 Å². The quantitative estimate of drug-likeness (QED) is 0.757. The number of aryl methyl sites for hydroxylation is 1. The molecule has 0 atom stereocenters. The number of sulfonamides is 1. The van der Waals surface area contributed by atoms with Crippen LogP contribution in [0.15, 0.2) is 29.3 Å². The molecule has 0 aromatic carbocycles. The molecule has 2 aromatic heterocycles. The van der Waals surface area contributed by atoms with E-state index in [9.17, 15) is 13.2 Å².